The molecular weight excluding hydrogens is 292 g/mol. The van der Waals surface area contributed by atoms with E-state index in [-0.39, 0.29) is 6.42 Å². The summed E-state index contributed by atoms with van der Waals surface area (Å²) in [5.41, 5.74) is 2.53. The molecule has 2 N–H and O–H groups in total. The maximum Gasteiger partial charge on any atom is 0.303 e. The van der Waals surface area contributed by atoms with Crippen molar-refractivity contribution in [3.05, 3.63) is 23.4 Å². The van der Waals surface area contributed by atoms with Gasteiger partial charge in [-0.1, -0.05) is 6.07 Å². The van der Waals surface area contributed by atoms with Gasteiger partial charge in [-0.3, -0.25) is 4.79 Å². The van der Waals surface area contributed by atoms with Crippen LogP contribution >= 0.6 is 0 Å². The summed E-state index contributed by atoms with van der Waals surface area (Å²) in [5.74, 6) is 1.07. The van der Waals surface area contributed by atoms with Crippen LogP contribution in [0.2, 0.25) is 0 Å². The number of aromatic nitrogens is 1. The number of carbonyl (C=O) groups is 1. The number of hydrogen-bond donors (Lipinski definition) is 2. The first-order valence-corrected chi connectivity index (χ1v) is 8.77. The van der Waals surface area contributed by atoms with E-state index in [9.17, 15) is 4.79 Å². The number of aliphatic carboxylic acids is 1. The van der Waals surface area contributed by atoms with E-state index in [1.807, 2.05) is 0 Å². The molecule has 1 aliphatic heterocycles. The van der Waals surface area contributed by atoms with Gasteiger partial charge in [-0.05, 0) is 62.5 Å². The van der Waals surface area contributed by atoms with Gasteiger partial charge in [0, 0.05) is 25.3 Å². The van der Waals surface area contributed by atoms with E-state index in [1.165, 1.54) is 24.1 Å². The van der Waals surface area contributed by atoms with Crippen LogP contribution in [0.5, 0.6) is 0 Å². The number of hydrogen-bond acceptors (Lipinski definition) is 4. The topological polar surface area (TPSA) is 71.5 Å². The van der Waals surface area contributed by atoms with E-state index in [1.54, 1.807) is 0 Å². The highest BCUT2D eigenvalue weighted by molar-refractivity contribution is 5.66. The molecule has 2 heterocycles. The van der Waals surface area contributed by atoms with Crippen molar-refractivity contribution in [3.63, 3.8) is 0 Å². The number of carboxylic acid groups (broad SMARTS) is 1. The first-order chi connectivity index (χ1) is 11.2. The van der Waals surface area contributed by atoms with Gasteiger partial charge in [0.25, 0.3) is 0 Å². The Morgan fingerprint density at radius 2 is 2.26 bits per heavy atom. The number of rotatable bonds is 8. The van der Waals surface area contributed by atoms with E-state index < -0.39 is 5.97 Å². The molecule has 0 atom stereocenters. The number of aryl methyl sites for hydroxylation is 2. The molecular formula is C18H26N2O3. The lowest BCUT2D eigenvalue weighted by Crippen LogP contribution is -2.32. The average molecular weight is 318 g/mol. The smallest absolute Gasteiger partial charge is 0.303 e. The standard InChI is InChI=1S/C18H26N2O3/c21-17(22)4-2-10-23-16-11-13(12-16)5-7-15-8-6-14-3-1-9-19-18(14)20-15/h6,8,13,16H,1-5,7,9-12H2,(H,19,20)(H,21,22)/t13-,16+. The third kappa shape index (κ3) is 4.67. The van der Waals surface area contributed by atoms with Crippen LogP contribution in [0.15, 0.2) is 12.1 Å². The summed E-state index contributed by atoms with van der Waals surface area (Å²) in [5, 5.41) is 12.0. The van der Waals surface area contributed by atoms with E-state index in [2.05, 4.69) is 17.4 Å². The van der Waals surface area contributed by atoms with Crippen LogP contribution in [-0.4, -0.2) is 35.3 Å². The molecule has 1 aromatic heterocycles. The van der Waals surface area contributed by atoms with E-state index in [0.29, 0.717) is 19.1 Å². The Balaban J connectivity index is 1.32. The second kappa shape index (κ2) is 7.77. The Hall–Kier alpha value is -1.62. The van der Waals surface area contributed by atoms with Crippen molar-refractivity contribution in [3.8, 4) is 0 Å². The lowest BCUT2D eigenvalue weighted by molar-refractivity contribution is -0.137. The predicted octanol–water partition coefficient (Wildman–Crippen LogP) is 3.03. The summed E-state index contributed by atoms with van der Waals surface area (Å²) in [6.07, 6.45) is 7.91. The molecule has 1 fully saturated rings. The van der Waals surface area contributed by atoms with Gasteiger partial charge >= 0.3 is 5.97 Å². The van der Waals surface area contributed by atoms with Crippen molar-refractivity contribution in [2.24, 2.45) is 5.92 Å². The van der Waals surface area contributed by atoms with Crippen molar-refractivity contribution in [1.29, 1.82) is 0 Å². The second-order valence-electron chi connectivity index (χ2n) is 6.71. The van der Waals surface area contributed by atoms with Gasteiger partial charge in [-0.2, -0.15) is 0 Å². The van der Waals surface area contributed by atoms with Crippen molar-refractivity contribution in [2.75, 3.05) is 18.5 Å². The molecule has 126 valence electrons. The van der Waals surface area contributed by atoms with Crippen molar-refractivity contribution < 1.29 is 14.6 Å². The van der Waals surface area contributed by atoms with Gasteiger partial charge in [0.05, 0.1) is 6.10 Å². The molecule has 5 heteroatoms. The highest BCUT2D eigenvalue weighted by Gasteiger charge is 2.29. The quantitative estimate of drug-likeness (QED) is 0.721. The minimum Gasteiger partial charge on any atom is -0.481 e. The molecule has 0 bridgehead atoms. The molecule has 0 radical (unpaired) electrons. The number of anilines is 1. The lowest BCUT2D eigenvalue weighted by Gasteiger charge is -2.35. The van der Waals surface area contributed by atoms with E-state index >= 15 is 0 Å². The molecule has 1 saturated carbocycles. The van der Waals surface area contributed by atoms with E-state index in [0.717, 1.165) is 44.0 Å². The third-order valence-corrected chi connectivity index (χ3v) is 4.84. The second-order valence-corrected chi connectivity index (χ2v) is 6.71. The summed E-state index contributed by atoms with van der Waals surface area (Å²) in [6, 6.07) is 4.39. The highest BCUT2D eigenvalue weighted by atomic mass is 16.5. The zero-order valence-electron chi connectivity index (χ0n) is 13.6. The fraction of sp³-hybridized carbons (Fsp3) is 0.667. The molecule has 0 amide bonds. The van der Waals surface area contributed by atoms with Crippen LogP contribution in [0.4, 0.5) is 5.82 Å². The Morgan fingerprint density at radius 3 is 3.09 bits per heavy atom. The zero-order chi connectivity index (χ0) is 16.1. The monoisotopic (exact) mass is 318 g/mol. The van der Waals surface area contributed by atoms with Gasteiger partial charge in [-0.25, -0.2) is 4.98 Å². The average Bonchev–Trinajstić information content (AvgIpc) is 2.51. The van der Waals surface area contributed by atoms with Crippen molar-refractivity contribution in [1.82, 2.24) is 4.98 Å². The van der Waals surface area contributed by atoms with Crippen molar-refractivity contribution >= 4 is 11.8 Å². The fourth-order valence-corrected chi connectivity index (χ4v) is 3.38. The molecule has 0 unspecified atom stereocenters. The summed E-state index contributed by atoms with van der Waals surface area (Å²) in [6.45, 7) is 1.61. The first-order valence-electron chi connectivity index (χ1n) is 8.77. The van der Waals surface area contributed by atoms with Crippen LogP contribution in [0, 0.1) is 5.92 Å². The normalized spacial score (nSPS) is 22.8. The summed E-state index contributed by atoms with van der Waals surface area (Å²) in [4.78, 5) is 15.2. The molecule has 0 saturated heterocycles. The SMILES string of the molecule is O=C(O)CCCO[C@H]1C[C@@H](CCc2ccc3c(n2)NCCC3)C1. The number of nitrogens with one attached hydrogen (secondary N) is 1. The summed E-state index contributed by atoms with van der Waals surface area (Å²) in [7, 11) is 0. The number of ether oxygens (including phenoxy) is 1. The molecule has 0 spiro atoms. The molecule has 0 aromatic carbocycles. The van der Waals surface area contributed by atoms with Crippen LogP contribution in [-0.2, 0) is 22.4 Å². The summed E-state index contributed by atoms with van der Waals surface area (Å²) < 4.78 is 5.70. The highest BCUT2D eigenvalue weighted by Crippen LogP contribution is 2.34. The minimum absolute atomic E-state index is 0.203. The Labute approximate surface area is 137 Å². The van der Waals surface area contributed by atoms with E-state index in [4.69, 9.17) is 14.8 Å². The molecule has 3 rings (SSSR count). The largest absolute Gasteiger partial charge is 0.481 e. The lowest BCUT2D eigenvalue weighted by atomic mass is 9.79. The number of pyridine rings is 1. The first kappa shape index (κ1) is 16.2. The maximum absolute atomic E-state index is 10.4. The molecule has 23 heavy (non-hydrogen) atoms. The fourth-order valence-electron chi connectivity index (χ4n) is 3.38. The predicted molar refractivity (Wildman–Crippen MR) is 88.7 cm³/mol. The van der Waals surface area contributed by atoms with Gasteiger partial charge in [0.2, 0.25) is 0 Å². The Bertz CT molecular complexity index is 541. The molecule has 1 aromatic rings. The van der Waals surface area contributed by atoms with Crippen molar-refractivity contribution in [2.45, 2.75) is 57.5 Å². The van der Waals surface area contributed by atoms with Crippen LogP contribution in [0.3, 0.4) is 0 Å². The van der Waals surface area contributed by atoms with Gasteiger partial charge < -0.3 is 15.2 Å². The van der Waals surface area contributed by atoms with Gasteiger partial charge in [0.1, 0.15) is 5.82 Å². The molecule has 1 aliphatic carbocycles. The number of fused-ring (bicyclic) bond motifs is 1. The number of carboxylic acids is 1. The maximum atomic E-state index is 10.4. The minimum atomic E-state index is -0.743. The number of nitrogens with zero attached hydrogens (tertiary/aromatic N) is 1. The zero-order valence-corrected chi connectivity index (χ0v) is 13.6. The van der Waals surface area contributed by atoms with Crippen LogP contribution < -0.4 is 5.32 Å². The van der Waals surface area contributed by atoms with Gasteiger partial charge in [0.15, 0.2) is 0 Å². The summed E-state index contributed by atoms with van der Waals surface area (Å²) >= 11 is 0. The van der Waals surface area contributed by atoms with Gasteiger partial charge in [-0.15, -0.1) is 0 Å². The Morgan fingerprint density at radius 1 is 1.39 bits per heavy atom. The van der Waals surface area contributed by atoms with Crippen LogP contribution in [0.25, 0.3) is 0 Å². The third-order valence-electron chi connectivity index (χ3n) is 4.84. The van der Waals surface area contributed by atoms with Crippen LogP contribution in [0.1, 0.15) is 49.8 Å². The molecule has 5 nitrogen and oxygen atoms in total. The Kier molecular flexibility index (Phi) is 5.49. The molecule has 2 aliphatic rings.